The van der Waals surface area contributed by atoms with Gasteiger partial charge in [-0.05, 0) is 32.0 Å². The van der Waals surface area contributed by atoms with Crippen LogP contribution >= 0.6 is 0 Å². The zero-order valence-electron chi connectivity index (χ0n) is 15.8. The first-order chi connectivity index (χ1) is 13.2. The number of aromatic amines is 1. The number of nitrogens with one attached hydrogen (secondary N) is 2. The van der Waals surface area contributed by atoms with Crippen LogP contribution in [0.5, 0.6) is 0 Å². The molecule has 0 spiro atoms. The van der Waals surface area contributed by atoms with Gasteiger partial charge in [-0.1, -0.05) is 0 Å². The third kappa shape index (κ3) is 4.27. The number of carbonyl (C=O) groups is 3. The van der Waals surface area contributed by atoms with Gasteiger partial charge in [-0.2, -0.15) is 0 Å². The van der Waals surface area contributed by atoms with Gasteiger partial charge in [-0.15, -0.1) is 0 Å². The lowest BCUT2D eigenvalue weighted by Crippen LogP contribution is -2.46. The highest BCUT2D eigenvalue weighted by molar-refractivity contribution is 5.99. The number of carboxylic acid groups (broad SMARTS) is 1. The van der Waals surface area contributed by atoms with Gasteiger partial charge in [-0.25, -0.2) is 4.79 Å². The Labute approximate surface area is 159 Å². The van der Waals surface area contributed by atoms with Crippen molar-refractivity contribution in [2.24, 2.45) is 0 Å². The van der Waals surface area contributed by atoms with E-state index < -0.39 is 29.0 Å². The van der Waals surface area contributed by atoms with Gasteiger partial charge in [0.05, 0.1) is 11.0 Å². The van der Waals surface area contributed by atoms with Crippen molar-refractivity contribution >= 4 is 28.8 Å². The molecule has 1 aromatic carbocycles. The van der Waals surface area contributed by atoms with E-state index in [1.807, 2.05) is 0 Å². The number of carboxylic acids is 1. The number of hydrogen-bond acceptors (Lipinski definition) is 5. The summed E-state index contributed by atoms with van der Waals surface area (Å²) in [5, 5.41) is 11.8. The number of hydrogen-bond donors (Lipinski definition) is 3. The fourth-order valence-electron chi connectivity index (χ4n) is 2.85. The highest BCUT2D eigenvalue weighted by Crippen LogP contribution is 2.15. The first kappa shape index (κ1) is 20.9. The highest BCUT2D eigenvalue weighted by atomic mass is 16.4. The van der Waals surface area contributed by atoms with Crippen LogP contribution in [0.1, 0.15) is 31.1 Å². The van der Waals surface area contributed by atoms with Gasteiger partial charge in [0.15, 0.2) is 0 Å². The number of amides is 2. The summed E-state index contributed by atoms with van der Waals surface area (Å²) in [5.41, 5.74) is -0.590. The van der Waals surface area contributed by atoms with E-state index >= 15 is 0 Å². The first-order valence-corrected chi connectivity index (χ1v) is 8.72. The molecule has 2 amide bonds. The molecule has 10 heteroatoms. The van der Waals surface area contributed by atoms with Crippen LogP contribution in [0.3, 0.4) is 0 Å². The average Bonchev–Trinajstić information content (AvgIpc) is 2.64. The molecule has 0 fully saturated rings. The summed E-state index contributed by atoms with van der Waals surface area (Å²) in [6.07, 6.45) is 0. The second-order valence-electron chi connectivity index (χ2n) is 6.23. The van der Waals surface area contributed by atoms with E-state index in [0.717, 1.165) is 4.90 Å². The summed E-state index contributed by atoms with van der Waals surface area (Å²) in [4.78, 5) is 62.6. The van der Waals surface area contributed by atoms with Gasteiger partial charge < -0.3 is 24.9 Å². The number of carbonyl (C=O) groups excluding carboxylic acids is 2. The average molecular weight is 390 g/mol. The van der Waals surface area contributed by atoms with E-state index in [0.29, 0.717) is 11.0 Å². The van der Waals surface area contributed by atoms with Crippen molar-refractivity contribution in [1.82, 2.24) is 19.8 Å². The lowest BCUT2D eigenvalue weighted by molar-refractivity contribution is -0.141. The second kappa shape index (κ2) is 8.51. The van der Waals surface area contributed by atoms with Crippen LogP contribution in [0.25, 0.3) is 11.0 Å². The lowest BCUT2D eigenvalue weighted by Gasteiger charge is -2.26. The number of benzene rings is 1. The molecule has 150 valence electrons. The summed E-state index contributed by atoms with van der Waals surface area (Å²) < 4.78 is 1.29. The molecular weight excluding hydrogens is 368 g/mol. The quantitative estimate of drug-likeness (QED) is 0.557. The number of nitrogens with zero attached hydrogens (tertiary/aromatic N) is 2. The zero-order chi connectivity index (χ0) is 21.0. The Bertz CT molecular complexity index is 1040. The van der Waals surface area contributed by atoms with Crippen LogP contribution in [0.2, 0.25) is 0 Å². The summed E-state index contributed by atoms with van der Waals surface area (Å²) in [5.74, 6) is -2.06. The molecule has 2 aromatic rings. The Kier molecular flexibility index (Phi) is 6.34. The number of rotatable bonds is 7. The smallest absolute Gasteiger partial charge is 0.326 e. The molecule has 0 bridgehead atoms. The minimum absolute atomic E-state index is 0.00506. The minimum atomic E-state index is -1.19. The number of aliphatic carboxylic acids is 1. The van der Waals surface area contributed by atoms with Crippen molar-refractivity contribution < 1.29 is 19.5 Å². The molecule has 0 aliphatic rings. The molecule has 0 radical (unpaired) electrons. The van der Waals surface area contributed by atoms with E-state index in [1.54, 1.807) is 6.92 Å². The molecule has 0 saturated heterocycles. The van der Waals surface area contributed by atoms with Crippen molar-refractivity contribution in [3.63, 3.8) is 0 Å². The summed E-state index contributed by atoms with van der Waals surface area (Å²) in [6, 6.07) is 3.28. The number of H-pyrrole nitrogens is 1. The molecule has 1 aromatic heterocycles. The van der Waals surface area contributed by atoms with Crippen LogP contribution in [0.15, 0.2) is 27.8 Å². The van der Waals surface area contributed by atoms with Crippen LogP contribution in [-0.4, -0.2) is 56.5 Å². The molecule has 1 unspecified atom stereocenters. The fraction of sp³-hybridized carbons (Fsp3) is 0.389. The molecule has 1 atom stereocenters. The molecular formula is C18H22N4O6. The topological polar surface area (TPSA) is 142 Å². The van der Waals surface area contributed by atoms with Crippen molar-refractivity contribution in [2.45, 2.75) is 33.4 Å². The van der Waals surface area contributed by atoms with E-state index in [4.69, 9.17) is 0 Å². The molecule has 28 heavy (non-hydrogen) atoms. The van der Waals surface area contributed by atoms with Crippen LogP contribution in [0, 0.1) is 0 Å². The predicted molar refractivity (Wildman–Crippen MR) is 101 cm³/mol. The third-order valence-corrected chi connectivity index (χ3v) is 4.35. The van der Waals surface area contributed by atoms with Crippen LogP contribution in [0.4, 0.5) is 0 Å². The zero-order valence-corrected chi connectivity index (χ0v) is 15.8. The second-order valence-corrected chi connectivity index (χ2v) is 6.23. The summed E-state index contributed by atoms with van der Waals surface area (Å²) >= 11 is 0. The van der Waals surface area contributed by atoms with Gasteiger partial charge >= 0.3 is 17.1 Å². The number of aryl methyl sites for hydroxylation is 1. The van der Waals surface area contributed by atoms with Crippen molar-refractivity contribution in [1.29, 1.82) is 0 Å². The SMILES string of the molecule is CCn1c(=O)c(=O)[nH]c2cc(C(=O)N(CCNC(C)=O)C(C)C(=O)O)ccc21. The van der Waals surface area contributed by atoms with Crippen LogP contribution < -0.4 is 16.4 Å². The van der Waals surface area contributed by atoms with E-state index in [-0.39, 0.29) is 31.1 Å². The summed E-state index contributed by atoms with van der Waals surface area (Å²) in [7, 11) is 0. The normalized spacial score (nSPS) is 11.8. The number of aromatic nitrogens is 2. The van der Waals surface area contributed by atoms with Crippen molar-refractivity contribution in [3.8, 4) is 0 Å². The van der Waals surface area contributed by atoms with E-state index in [2.05, 4.69) is 10.3 Å². The van der Waals surface area contributed by atoms with E-state index in [9.17, 15) is 29.1 Å². The van der Waals surface area contributed by atoms with Crippen molar-refractivity contribution in [3.05, 3.63) is 44.5 Å². The Morgan fingerprint density at radius 3 is 2.54 bits per heavy atom. The largest absolute Gasteiger partial charge is 0.480 e. The van der Waals surface area contributed by atoms with Gasteiger partial charge in [0.2, 0.25) is 5.91 Å². The Balaban J connectivity index is 2.45. The summed E-state index contributed by atoms with van der Waals surface area (Å²) in [6.45, 7) is 4.78. The monoisotopic (exact) mass is 390 g/mol. The third-order valence-electron chi connectivity index (χ3n) is 4.35. The molecule has 10 nitrogen and oxygen atoms in total. The standard InChI is InChI=1S/C18H22N4O6/c1-4-21-14-6-5-12(9-13(14)20-15(24)17(21)26)16(25)22(10(2)18(27)28)8-7-19-11(3)23/h5-6,9-10H,4,7-8H2,1-3H3,(H,19,23)(H,20,24)(H,27,28). The van der Waals surface area contributed by atoms with Crippen molar-refractivity contribution in [2.75, 3.05) is 13.1 Å². The molecule has 0 saturated carbocycles. The van der Waals surface area contributed by atoms with Gasteiger partial charge in [0.25, 0.3) is 5.91 Å². The molecule has 2 rings (SSSR count). The Morgan fingerprint density at radius 2 is 1.96 bits per heavy atom. The van der Waals surface area contributed by atoms with E-state index in [1.165, 1.54) is 36.6 Å². The van der Waals surface area contributed by atoms with Gasteiger partial charge in [-0.3, -0.25) is 19.2 Å². The first-order valence-electron chi connectivity index (χ1n) is 8.72. The molecule has 0 aliphatic carbocycles. The maximum atomic E-state index is 12.9. The fourth-order valence-corrected chi connectivity index (χ4v) is 2.85. The maximum Gasteiger partial charge on any atom is 0.326 e. The van der Waals surface area contributed by atoms with Crippen LogP contribution in [-0.2, 0) is 16.1 Å². The molecule has 0 aliphatic heterocycles. The minimum Gasteiger partial charge on any atom is -0.480 e. The Morgan fingerprint density at radius 1 is 1.29 bits per heavy atom. The highest BCUT2D eigenvalue weighted by Gasteiger charge is 2.26. The van der Waals surface area contributed by atoms with Gasteiger partial charge in [0, 0.05) is 32.1 Å². The Hall–Kier alpha value is -3.43. The maximum absolute atomic E-state index is 12.9. The predicted octanol–water partition coefficient (Wildman–Crippen LogP) is -0.239. The molecule has 3 N–H and O–H groups in total. The van der Waals surface area contributed by atoms with Gasteiger partial charge in [0.1, 0.15) is 6.04 Å². The molecule has 1 heterocycles. The lowest BCUT2D eigenvalue weighted by atomic mass is 10.1. The number of fused-ring (bicyclic) bond motifs is 1.